The number of aryl methyl sites for hydroxylation is 1. The van der Waals surface area contributed by atoms with Gasteiger partial charge in [-0.3, -0.25) is 4.90 Å². The van der Waals surface area contributed by atoms with E-state index in [2.05, 4.69) is 32.2 Å². The van der Waals surface area contributed by atoms with Gasteiger partial charge in [-0.2, -0.15) is 0 Å². The smallest absolute Gasteiger partial charge is 0.145 e. The maximum Gasteiger partial charge on any atom is 0.145 e. The van der Waals surface area contributed by atoms with E-state index in [1.807, 2.05) is 13.0 Å². The second-order valence-electron chi connectivity index (χ2n) is 4.53. The van der Waals surface area contributed by atoms with Gasteiger partial charge in [0.05, 0.1) is 6.54 Å². The highest BCUT2D eigenvalue weighted by molar-refractivity contribution is 5.33. The van der Waals surface area contributed by atoms with Crippen molar-refractivity contribution in [2.24, 2.45) is 5.84 Å². The molecule has 6 heteroatoms. The Morgan fingerprint density at radius 2 is 2.00 bits per heavy atom. The van der Waals surface area contributed by atoms with Crippen molar-refractivity contribution in [1.29, 1.82) is 0 Å². The minimum absolute atomic E-state index is 0.682. The molecule has 1 aromatic rings. The number of hydrogen-bond donors (Lipinski definition) is 2. The Kier molecular flexibility index (Phi) is 3.88. The van der Waals surface area contributed by atoms with Gasteiger partial charge in [0.25, 0.3) is 0 Å². The summed E-state index contributed by atoms with van der Waals surface area (Å²) in [7, 11) is 2.15. The molecule has 1 aliphatic rings. The minimum atomic E-state index is 0.682. The predicted molar refractivity (Wildman–Crippen MR) is 67.4 cm³/mol. The Morgan fingerprint density at radius 3 is 2.65 bits per heavy atom. The van der Waals surface area contributed by atoms with Gasteiger partial charge in [0.15, 0.2) is 0 Å². The van der Waals surface area contributed by atoms with Crippen molar-refractivity contribution in [3.63, 3.8) is 0 Å². The molecule has 0 amide bonds. The molecule has 1 saturated heterocycles. The number of anilines is 1. The van der Waals surface area contributed by atoms with Crippen LogP contribution in [0.25, 0.3) is 0 Å². The quantitative estimate of drug-likeness (QED) is 0.560. The lowest BCUT2D eigenvalue weighted by molar-refractivity contribution is 0.145. The number of rotatable bonds is 3. The molecule has 17 heavy (non-hydrogen) atoms. The van der Waals surface area contributed by atoms with Crippen LogP contribution in [-0.4, -0.2) is 53.0 Å². The second-order valence-corrected chi connectivity index (χ2v) is 4.53. The first-order valence-electron chi connectivity index (χ1n) is 5.89. The normalized spacial score (nSPS) is 18.3. The fraction of sp³-hybridized carbons (Fsp3) is 0.636. The van der Waals surface area contributed by atoms with Crippen LogP contribution in [0.1, 0.15) is 11.5 Å². The maximum atomic E-state index is 5.38. The van der Waals surface area contributed by atoms with E-state index in [0.717, 1.165) is 44.2 Å². The molecule has 0 spiro atoms. The Morgan fingerprint density at radius 1 is 1.29 bits per heavy atom. The van der Waals surface area contributed by atoms with E-state index in [1.165, 1.54) is 0 Å². The van der Waals surface area contributed by atoms with Crippen LogP contribution in [0.4, 0.5) is 5.82 Å². The van der Waals surface area contributed by atoms with Crippen molar-refractivity contribution >= 4 is 5.82 Å². The molecule has 2 rings (SSSR count). The van der Waals surface area contributed by atoms with Gasteiger partial charge in [0.2, 0.25) is 0 Å². The summed E-state index contributed by atoms with van der Waals surface area (Å²) in [4.78, 5) is 13.5. The molecular formula is C11H20N6. The van der Waals surface area contributed by atoms with Crippen molar-refractivity contribution in [1.82, 2.24) is 19.8 Å². The van der Waals surface area contributed by atoms with Crippen LogP contribution in [0, 0.1) is 6.92 Å². The Balaban J connectivity index is 2.00. The van der Waals surface area contributed by atoms with Gasteiger partial charge in [-0.1, -0.05) is 0 Å². The van der Waals surface area contributed by atoms with Gasteiger partial charge >= 0.3 is 0 Å². The molecule has 1 aromatic heterocycles. The monoisotopic (exact) mass is 236 g/mol. The molecule has 0 atom stereocenters. The third-order valence-corrected chi connectivity index (χ3v) is 3.01. The number of nitrogen functional groups attached to an aromatic ring is 1. The van der Waals surface area contributed by atoms with E-state index in [-0.39, 0.29) is 0 Å². The molecule has 0 saturated carbocycles. The zero-order valence-electron chi connectivity index (χ0n) is 10.5. The van der Waals surface area contributed by atoms with E-state index in [1.54, 1.807) is 0 Å². The first-order valence-corrected chi connectivity index (χ1v) is 5.89. The number of nitrogens with one attached hydrogen (secondary N) is 1. The lowest BCUT2D eigenvalue weighted by Gasteiger charge is -2.31. The molecule has 1 aliphatic heterocycles. The largest absolute Gasteiger partial charge is 0.308 e. The highest BCUT2D eigenvalue weighted by Gasteiger charge is 2.15. The molecular weight excluding hydrogens is 216 g/mol. The Labute approximate surface area is 102 Å². The summed E-state index contributed by atoms with van der Waals surface area (Å²) < 4.78 is 0. The highest BCUT2D eigenvalue weighted by atomic mass is 15.3. The van der Waals surface area contributed by atoms with Crippen LogP contribution in [0.15, 0.2) is 6.07 Å². The van der Waals surface area contributed by atoms with Crippen molar-refractivity contribution in [3.8, 4) is 0 Å². The molecule has 1 fully saturated rings. The third-order valence-electron chi connectivity index (χ3n) is 3.01. The lowest BCUT2D eigenvalue weighted by Crippen LogP contribution is -2.44. The predicted octanol–water partition coefficient (Wildman–Crippen LogP) is -0.182. The fourth-order valence-electron chi connectivity index (χ4n) is 1.98. The molecule has 0 aromatic carbocycles. The third kappa shape index (κ3) is 3.36. The number of aromatic nitrogens is 2. The van der Waals surface area contributed by atoms with Gasteiger partial charge in [0, 0.05) is 37.9 Å². The summed E-state index contributed by atoms with van der Waals surface area (Å²) in [5, 5.41) is 0. The van der Waals surface area contributed by atoms with Gasteiger partial charge in [0.1, 0.15) is 11.6 Å². The molecule has 0 aliphatic carbocycles. The van der Waals surface area contributed by atoms with Crippen LogP contribution >= 0.6 is 0 Å². The second kappa shape index (κ2) is 5.39. The summed E-state index contributed by atoms with van der Waals surface area (Å²) in [6.07, 6.45) is 0. The molecule has 2 heterocycles. The van der Waals surface area contributed by atoms with Crippen molar-refractivity contribution < 1.29 is 0 Å². The molecule has 6 nitrogen and oxygen atoms in total. The summed E-state index contributed by atoms with van der Waals surface area (Å²) in [6, 6.07) is 1.84. The van der Waals surface area contributed by atoms with E-state index in [9.17, 15) is 0 Å². The van der Waals surface area contributed by atoms with Crippen LogP contribution in [0.3, 0.4) is 0 Å². The zero-order chi connectivity index (χ0) is 12.3. The van der Waals surface area contributed by atoms with E-state index in [4.69, 9.17) is 5.84 Å². The summed E-state index contributed by atoms with van der Waals surface area (Å²) in [5.41, 5.74) is 3.52. The van der Waals surface area contributed by atoms with Gasteiger partial charge in [-0.25, -0.2) is 15.8 Å². The molecule has 0 unspecified atom stereocenters. The molecule has 94 valence electrons. The number of nitrogens with two attached hydrogens (primary N) is 1. The number of nitrogens with zero attached hydrogens (tertiary/aromatic N) is 4. The Bertz CT molecular complexity index is 372. The topological polar surface area (TPSA) is 70.3 Å². The molecule has 3 N–H and O–H groups in total. The van der Waals surface area contributed by atoms with Crippen LogP contribution in [-0.2, 0) is 6.54 Å². The van der Waals surface area contributed by atoms with E-state index in [0.29, 0.717) is 5.82 Å². The number of likely N-dealkylation sites (N-methyl/N-ethyl adjacent to an activating group) is 1. The summed E-state index contributed by atoms with van der Waals surface area (Å²) >= 11 is 0. The minimum Gasteiger partial charge on any atom is -0.308 e. The zero-order valence-corrected chi connectivity index (χ0v) is 10.5. The van der Waals surface area contributed by atoms with Crippen LogP contribution in [0.5, 0.6) is 0 Å². The maximum absolute atomic E-state index is 5.38. The number of hydrazine groups is 1. The van der Waals surface area contributed by atoms with Crippen LogP contribution < -0.4 is 11.3 Å². The molecule has 0 bridgehead atoms. The first-order chi connectivity index (χ1) is 8.17. The van der Waals surface area contributed by atoms with Crippen molar-refractivity contribution in [2.75, 3.05) is 38.7 Å². The molecule has 0 radical (unpaired) electrons. The summed E-state index contributed by atoms with van der Waals surface area (Å²) in [6.45, 7) is 7.10. The fourth-order valence-corrected chi connectivity index (χ4v) is 1.98. The lowest BCUT2D eigenvalue weighted by atomic mass is 10.3. The average molecular weight is 236 g/mol. The standard InChI is InChI=1S/C11H20N6/c1-9-7-10(15-12)14-11(13-9)8-17-5-3-16(2)4-6-17/h7H,3-6,8,12H2,1-2H3,(H,13,14,15). The number of piperazine rings is 1. The number of hydrogen-bond acceptors (Lipinski definition) is 6. The SMILES string of the molecule is Cc1cc(NN)nc(CN2CCN(C)CC2)n1. The van der Waals surface area contributed by atoms with Crippen molar-refractivity contribution in [2.45, 2.75) is 13.5 Å². The average Bonchev–Trinajstić information content (AvgIpc) is 2.31. The van der Waals surface area contributed by atoms with E-state index < -0.39 is 0 Å². The van der Waals surface area contributed by atoms with Gasteiger partial charge in [-0.05, 0) is 14.0 Å². The highest BCUT2D eigenvalue weighted by Crippen LogP contribution is 2.08. The van der Waals surface area contributed by atoms with E-state index >= 15 is 0 Å². The Hall–Kier alpha value is -1.24. The van der Waals surface area contributed by atoms with Crippen molar-refractivity contribution in [3.05, 3.63) is 17.6 Å². The van der Waals surface area contributed by atoms with Gasteiger partial charge < -0.3 is 10.3 Å². The first kappa shape index (κ1) is 12.2. The summed E-state index contributed by atoms with van der Waals surface area (Å²) in [5.74, 6) is 6.90. The van der Waals surface area contributed by atoms with Crippen LogP contribution in [0.2, 0.25) is 0 Å². The van der Waals surface area contributed by atoms with Gasteiger partial charge in [-0.15, -0.1) is 0 Å².